The van der Waals surface area contributed by atoms with Gasteiger partial charge in [-0.25, -0.2) is 4.79 Å². The van der Waals surface area contributed by atoms with Crippen molar-refractivity contribution in [3.05, 3.63) is 69.1 Å². The van der Waals surface area contributed by atoms with E-state index in [4.69, 9.17) is 0 Å². The fraction of sp³-hybridized carbons (Fsp3) is 0.368. The molecule has 3 aromatic rings. The van der Waals surface area contributed by atoms with Crippen molar-refractivity contribution in [2.24, 2.45) is 13.0 Å². The molecule has 0 bridgehead atoms. The van der Waals surface area contributed by atoms with Crippen LogP contribution in [0.3, 0.4) is 0 Å². The van der Waals surface area contributed by atoms with Crippen LogP contribution in [0.4, 0.5) is 0 Å². The van der Waals surface area contributed by atoms with E-state index in [1.165, 1.54) is 4.57 Å². The standard InChI is InChI=1S/C19H23N3O2/c1-13(2)10-22-17-12-21(14(3)15-8-6-5-7-9-15)11-16(17)18(23)20(4)19(22)24/h5-9,11-14H,10H2,1-4H3/t14-/m1/s1. The van der Waals surface area contributed by atoms with Gasteiger partial charge in [-0.3, -0.25) is 13.9 Å². The molecule has 5 nitrogen and oxygen atoms in total. The second-order valence-electron chi connectivity index (χ2n) is 6.74. The van der Waals surface area contributed by atoms with Crippen molar-refractivity contribution in [2.45, 2.75) is 33.4 Å². The highest BCUT2D eigenvalue weighted by Gasteiger charge is 2.16. The molecule has 2 aromatic heterocycles. The molecule has 5 heteroatoms. The van der Waals surface area contributed by atoms with Gasteiger partial charge in [0.25, 0.3) is 5.56 Å². The smallest absolute Gasteiger partial charge is 0.331 e. The first-order valence-corrected chi connectivity index (χ1v) is 8.26. The Morgan fingerprint density at radius 1 is 1.00 bits per heavy atom. The Labute approximate surface area is 140 Å². The van der Waals surface area contributed by atoms with Crippen molar-refractivity contribution in [1.29, 1.82) is 0 Å². The van der Waals surface area contributed by atoms with Gasteiger partial charge in [0.05, 0.1) is 16.9 Å². The van der Waals surface area contributed by atoms with Crippen molar-refractivity contribution >= 4 is 10.9 Å². The fourth-order valence-electron chi connectivity index (χ4n) is 3.06. The Kier molecular flexibility index (Phi) is 4.18. The van der Waals surface area contributed by atoms with E-state index in [1.807, 2.05) is 35.2 Å². The van der Waals surface area contributed by atoms with Crippen molar-refractivity contribution < 1.29 is 0 Å². The maximum atomic E-state index is 12.5. The lowest BCUT2D eigenvalue weighted by molar-refractivity contribution is 0.502. The summed E-state index contributed by atoms with van der Waals surface area (Å²) < 4.78 is 4.91. The zero-order valence-corrected chi connectivity index (χ0v) is 14.6. The molecular formula is C19H23N3O2. The molecule has 24 heavy (non-hydrogen) atoms. The molecule has 1 aromatic carbocycles. The van der Waals surface area contributed by atoms with Crippen molar-refractivity contribution in [3.63, 3.8) is 0 Å². The quantitative estimate of drug-likeness (QED) is 0.740. The zero-order chi connectivity index (χ0) is 17.4. The van der Waals surface area contributed by atoms with E-state index >= 15 is 0 Å². The molecule has 126 valence electrons. The highest BCUT2D eigenvalue weighted by molar-refractivity contribution is 5.77. The molecular weight excluding hydrogens is 302 g/mol. The molecule has 2 heterocycles. The van der Waals surface area contributed by atoms with Gasteiger partial charge >= 0.3 is 5.69 Å². The summed E-state index contributed by atoms with van der Waals surface area (Å²) in [7, 11) is 1.54. The number of rotatable bonds is 4. The first-order chi connectivity index (χ1) is 11.4. The Morgan fingerprint density at radius 3 is 2.29 bits per heavy atom. The summed E-state index contributed by atoms with van der Waals surface area (Å²) in [6, 6.07) is 10.2. The molecule has 1 atom stereocenters. The van der Waals surface area contributed by atoms with E-state index < -0.39 is 0 Å². The first kappa shape index (κ1) is 16.3. The van der Waals surface area contributed by atoms with Crippen LogP contribution in [-0.2, 0) is 13.6 Å². The molecule has 0 spiro atoms. The summed E-state index contributed by atoms with van der Waals surface area (Å²) in [5.41, 5.74) is 1.37. The van der Waals surface area contributed by atoms with E-state index in [0.717, 1.165) is 5.56 Å². The summed E-state index contributed by atoms with van der Waals surface area (Å²) in [6.45, 7) is 6.80. The minimum atomic E-state index is -0.258. The van der Waals surface area contributed by atoms with Gasteiger partial charge in [-0.2, -0.15) is 0 Å². The minimum Gasteiger partial charge on any atom is -0.344 e. The van der Waals surface area contributed by atoms with Crippen molar-refractivity contribution in [2.75, 3.05) is 0 Å². The normalized spacial score (nSPS) is 12.9. The topological polar surface area (TPSA) is 48.9 Å². The maximum Gasteiger partial charge on any atom is 0.331 e. The number of fused-ring (bicyclic) bond motifs is 1. The maximum absolute atomic E-state index is 12.5. The molecule has 0 saturated heterocycles. The van der Waals surface area contributed by atoms with Gasteiger partial charge in [0, 0.05) is 26.0 Å². The summed E-state index contributed by atoms with van der Waals surface area (Å²) in [5, 5.41) is 0.584. The highest BCUT2D eigenvalue weighted by Crippen LogP contribution is 2.21. The molecule has 0 unspecified atom stereocenters. The van der Waals surface area contributed by atoms with E-state index in [1.54, 1.807) is 11.6 Å². The molecule has 0 fully saturated rings. The number of hydrogen-bond acceptors (Lipinski definition) is 2. The van der Waals surface area contributed by atoms with E-state index in [0.29, 0.717) is 23.4 Å². The predicted octanol–water partition coefficient (Wildman–Crippen LogP) is 2.77. The Hall–Kier alpha value is -2.56. The lowest BCUT2D eigenvalue weighted by Gasteiger charge is -2.14. The van der Waals surface area contributed by atoms with Crippen molar-refractivity contribution in [1.82, 2.24) is 13.7 Å². The van der Waals surface area contributed by atoms with Crippen LogP contribution in [0.1, 0.15) is 32.4 Å². The van der Waals surface area contributed by atoms with Gasteiger partial charge in [-0.1, -0.05) is 44.2 Å². The average Bonchev–Trinajstić information content (AvgIpc) is 3.02. The monoisotopic (exact) mass is 325 g/mol. The number of hydrogen-bond donors (Lipinski definition) is 0. The summed E-state index contributed by atoms with van der Waals surface area (Å²) in [6.07, 6.45) is 3.77. The van der Waals surface area contributed by atoms with Crippen LogP contribution in [-0.4, -0.2) is 13.7 Å². The largest absolute Gasteiger partial charge is 0.344 e. The van der Waals surface area contributed by atoms with Crippen LogP contribution >= 0.6 is 0 Å². The van der Waals surface area contributed by atoms with Crippen molar-refractivity contribution in [3.8, 4) is 0 Å². The van der Waals surface area contributed by atoms with Crippen LogP contribution in [0.15, 0.2) is 52.3 Å². The van der Waals surface area contributed by atoms with Gasteiger partial charge in [0.1, 0.15) is 0 Å². The second kappa shape index (κ2) is 6.15. The second-order valence-corrected chi connectivity index (χ2v) is 6.74. The summed E-state index contributed by atoms with van der Waals surface area (Å²) in [5.74, 6) is 0.318. The van der Waals surface area contributed by atoms with Crippen LogP contribution in [0, 0.1) is 5.92 Å². The van der Waals surface area contributed by atoms with Crippen LogP contribution in [0.5, 0.6) is 0 Å². The predicted molar refractivity (Wildman–Crippen MR) is 96.5 cm³/mol. The van der Waals surface area contributed by atoms with Gasteiger partial charge < -0.3 is 4.57 Å². The molecule has 0 radical (unpaired) electrons. The highest BCUT2D eigenvalue weighted by atomic mass is 16.2. The Bertz CT molecular complexity index is 977. The zero-order valence-electron chi connectivity index (χ0n) is 14.6. The van der Waals surface area contributed by atoms with Gasteiger partial charge in [-0.05, 0) is 18.4 Å². The third-order valence-electron chi connectivity index (χ3n) is 4.45. The van der Waals surface area contributed by atoms with Gasteiger partial charge in [-0.15, -0.1) is 0 Å². The molecule has 0 amide bonds. The number of benzene rings is 1. The number of aromatic nitrogens is 3. The van der Waals surface area contributed by atoms with Crippen LogP contribution in [0.25, 0.3) is 10.9 Å². The molecule has 0 aliphatic heterocycles. The summed E-state index contributed by atoms with van der Waals surface area (Å²) >= 11 is 0. The molecule has 0 saturated carbocycles. The van der Waals surface area contributed by atoms with E-state index in [9.17, 15) is 9.59 Å². The molecule has 0 aliphatic rings. The minimum absolute atomic E-state index is 0.0888. The van der Waals surface area contributed by atoms with E-state index in [2.05, 4.69) is 32.9 Å². The Morgan fingerprint density at radius 2 is 1.67 bits per heavy atom. The van der Waals surface area contributed by atoms with Gasteiger partial charge in [0.15, 0.2) is 0 Å². The summed E-state index contributed by atoms with van der Waals surface area (Å²) in [4.78, 5) is 25.0. The SMILES string of the molecule is CC(C)Cn1c(=O)n(C)c(=O)c2cn([C@H](C)c3ccccc3)cc21. The average molecular weight is 325 g/mol. The van der Waals surface area contributed by atoms with Gasteiger partial charge in [0.2, 0.25) is 0 Å². The molecule has 3 rings (SSSR count). The fourth-order valence-corrected chi connectivity index (χ4v) is 3.06. The molecule has 0 N–H and O–H groups in total. The van der Waals surface area contributed by atoms with Crippen LogP contribution < -0.4 is 11.2 Å². The van der Waals surface area contributed by atoms with E-state index in [-0.39, 0.29) is 17.3 Å². The molecule has 0 aliphatic carbocycles. The third-order valence-corrected chi connectivity index (χ3v) is 4.45. The lowest BCUT2D eigenvalue weighted by atomic mass is 10.1. The first-order valence-electron chi connectivity index (χ1n) is 8.26. The third kappa shape index (κ3) is 2.70. The van der Waals surface area contributed by atoms with Crippen LogP contribution in [0.2, 0.25) is 0 Å². The Balaban J connectivity index is 2.22. The number of nitrogens with zero attached hydrogens (tertiary/aromatic N) is 3. The lowest BCUT2D eigenvalue weighted by Crippen LogP contribution is -2.38.